The van der Waals surface area contributed by atoms with Crippen LogP contribution in [0, 0.1) is 0 Å². The molecule has 3 N–H and O–H groups in total. The first kappa shape index (κ1) is 55.7. The number of carbonyl (C=O) groups excluding carboxylic acids is 2. The first-order valence-electron chi connectivity index (χ1n) is 22.1. The van der Waals surface area contributed by atoms with Gasteiger partial charge in [0, 0.05) is 19.4 Å². The van der Waals surface area contributed by atoms with Crippen LogP contribution in [0.2, 0.25) is 0 Å². The molecule has 2 atom stereocenters. The number of carboxylic acid groups (broad SMARTS) is 1. The van der Waals surface area contributed by atoms with Crippen molar-refractivity contribution in [3.05, 3.63) is 85.1 Å². The number of phosphoric acid groups is 1. The summed E-state index contributed by atoms with van der Waals surface area (Å²) in [6, 6.07) is 0. The minimum atomic E-state index is -4.55. The second-order valence-electron chi connectivity index (χ2n) is 14.3. The van der Waals surface area contributed by atoms with Crippen molar-refractivity contribution < 1.29 is 47.5 Å². The molecule has 0 aromatic rings. The second-order valence-corrected chi connectivity index (χ2v) is 15.7. The van der Waals surface area contributed by atoms with Crippen molar-refractivity contribution in [2.24, 2.45) is 0 Å². The zero-order chi connectivity index (χ0) is 43.3. The summed E-state index contributed by atoms with van der Waals surface area (Å²) in [5.74, 6) is -2.10. The lowest BCUT2D eigenvalue weighted by Gasteiger charge is -2.20. The van der Waals surface area contributed by atoms with Gasteiger partial charge in [-0.25, -0.2) is 4.57 Å². The number of hydrogen-bond acceptors (Lipinski definition) is 9. The Hall–Kier alpha value is -3.34. The molecule has 0 spiro atoms. The largest absolute Gasteiger partial charge is 0.480 e. The molecule has 0 saturated heterocycles. The van der Waals surface area contributed by atoms with Crippen LogP contribution >= 0.6 is 7.82 Å². The number of hydrogen-bond donors (Lipinski definition) is 3. The summed E-state index contributed by atoms with van der Waals surface area (Å²) in [4.78, 5) is 45.8. The van der Waals surface area contributed by atoms with Crippen molar-refractivity contribution in [2.45, 2.75) is 161 Å². The highest BCUT2D eigenvalue weighted by Gasteiger charge is 2.26. The minimum absolute atomic E-state index is 0.00293. The molecule has 0 rings (SSSR count). The van der Waals surface area contributed by atoms with Gasteiger partial charge in [-0.2, -0.15) is 0 Å². The average Bonchev–Trinajstić information content (AvgIpc) is 3.21. The lowest BCUT2D eigenvalue weighted by Crippen LogP contribution is -2.30. The smallest absolute Gasteiger partial charge is 0.472 e. The lowest BCUT2D eigenvalue weighted by atomic mass is 10.1. The van der Waals surface area contributed by atoms with Crippen LogP contribution < -0.4 is 5.32 Å². The van der Waals surface area contributed by atoms with Crippen molar-refractivity contribution in [1.82, 2.24) is 5.32 Å². The number of aliphatic carboxylic acids is 1. The van der Waals surface area contributed by atoms with E-state index in [9.17, 15) is 23.8 Å². The van der Waals surface area contributed by atoms with E-state index in [1.165, 1.54) is 38.5 Å². The zero-order valence-corrected chi connectivity index (χ0v) is 37.3. The first-order chi connectivity index (χ1) is 28.7. The summed E-state index contributed by atoms with van der Waals surface area (Å²) < 4.78 is 33.1. The molecule has 0 saturated carbocycles. The van der Waals surface area contributed by atoms with Gasteiger partial charge in [-0.15, -0.1) is 0 Å². The number of rotatable bonds is 41. The third-order valence-electron chi connectivity index (χ3n) is 8.72. The molecule has 12 heteroatoms. The normalized spacial score (nSPS) is 13.9. The highest BCUT2D eigenvalue weighted by atomic mass is 31.2. The van der Waals surface area contributed by atoms with Crippen molar-refractivity contribution in [3.63, 3.8) is 0 Å². The van der Waals surface area contributed by atoms with Gasteiger partial charge in [0.2, 0.25) is 0 Å². The van der Waals surface area contributed by atoms with Crippen molar-refractivity contribution in [3.8, 4) is 0 Å². The third-order valence-corrected chi connectivity index (χ3v) is 9.70. The van der Waals surface area contributed by atoms with Crippen LogP contribution in [0.3, 0.4) is 0 Å². The molecular formula is C47H78NO10P. The fraction of sp³-hybridized carbons (Fsp3) is 0.638. The van der Waals surface area contributed by atoms with Crippen molar-refractivity contribution in [1.29, 1.82) is 0 Å². The first-order valence-corrected chi connectivity index (χ1v) is 23.6. The number of allylic oxidation sites excluding steroid dienone is 14. The summed E-state index contributed by atoms with van der Waals surface area (Å²) >= 11 is 0. The molecule has 336 valence electrons. The fourth-order valence-electron chi connectivity index (χ4n) is 5.44. The maximum absolute atomic E-state index is 12.6. The second kappa shape index (κ2) is 42.8. The molecule has 0 aromatic carbocycles. The molecule has 0 radical (unpaired) electrons. The van der Waals surface area contributed by atoms with Crippen LogP contribution in [0.1, 0.15) is 155 Å². The number of carbonyl (C=O) groups is 3. The third kappa shape index (κ3) is 44.1. The van der Waals surface area contributed by atoms with E-state index in [0.717, 1.165) is 77.0 Å². The summed E-state index contributed by atoms with van der Waals surface area (Å²) in [5.41, 5.74) is 0. The molecule has 0 aromatic heterocycles. The molecule has 0 aliphatic carbocycles. The van der Waals surface area contributed by atoms with Crippen LogP contribution in [-0.4, -0.2) is 66.9 Å². The van der Waals surface area contributed by atoms with Crippen LogP contribution in [0.4, 0.5) is 0 Å². The quantitative estimate of drug-likeness (QED) is 0.0233. The Labute approximate surface area is 356 Å². The van der Waals surface area contributed by atoms with Gasteiger partial charge >= 0.3 is 25.7 Å². The molecular weight excluding hydrogens is 769 g/mol. The van der Waals surface area contributed by atoms with E-state index in [-0.39, 0.29) is 39.1 Å². The van der Waals surface area contributed by atoms with E-state index in [1.54, 1.807) is 0 Å². The predicted molar refractivity (Wildman–Crippen MR) is 240 cm³/mol. The van der Waals surface area contributed by atoms with Crippen LogP contribution in [0.25, 0.3) is 0 Å². The lowest BCUT2D eigenvalue weighted by molar-refractivity contribution is -0.161. The van der Waals surface area contributed by atoms with E-state index in [2.05, 4.69) is 92.1 Å². The van der Waals surface area contributed by atoms with Crippen LogP contribution in [0.5, 0.6) is 0 Å². The maximum atomic E-state index is 12.6. The Bertz CT molecular complexity index is 1300. The SMILES string of the molecule is CC/C=C\C/C=C\C/C=C\C/C=C\C/C=C\C/C=C\CCC(=O)OC[C@H](COP(=O)(O)OCCNCC(=O)O)OC(=O)CCCCCCC/C=C\CCCCCCCC. The van der Waals surface area contributed by atoms with E-state index in [0.29, 0.717) is 12.8 Å². The number of nitrogens with one attached hydrogen (secondary N) is 1. The van der Waals surface area contributed by atoms with E-state index in [1.807, 2.05) is 12.2 Å². The minimum Gasteiger partial charge on any atom is -0.480 e. The standard InChI is InChI=1S/C47H78NO10P/c1-3-5-7-9-11-13-15-17-19-20-21-22-24-25-27-29-31-33-35-37-46(51)55-42-44(43-57-59(53,54)56-40-39-48-41-45(49)50)58-47(52)38-36-34-32-30-28-26-23-18-16-14-12-10-8-6-4-2/h5,7,11,13,17-19,21-23,25,27,31,33,44,48H,3-4,6,8-10,12,14-16,20,24,26,28-30,32,34-43H2,1-2H3,(H,49,50)(H,53,54)/b7-5-,13-11-,19-17-,22-21-,23-18-,27-25-,33-31-/t44-/m1/s1. The van der Waals surface area contributed by atoms with Gasteiger partial charge in [0.25, 0.3) is 0 Å². The number of unbranched alkanes of at least 4 members (excludes halogenated alkanes) is 11. The molecule has 1 unspecified atom stereocenters. The van der Waals surface area contributed by atoms with Gasteiger partial charge in [0.15, 0.2) is 6.10 Å². The summed E-state index contributed by atoms with van der Waals surface area (Å²) in [7, 11) is -4.55. The van der Waals surface area contributed by atoms with Gasteiger partial charge in [-0.05, 0) is 77.0 Å². The van der Waals surface area contributed by atoms with Gasteiger partial charge in [0.05, 0.1) is 19.8 Å². The monoisotopic (exact) mass is 848 g/mol. The topological polar surface area (TPSA) is 158 Å². The molecule has 0 heterocycles. The van der Waals surface area contributed by atoms with Crippen LogP contribution in [0.15, 0.2) is 85.1 Å². The Morgan fingerprint density at radius 2 is 1.07 bits per heavy atom. The van der Waals surface area contributed by atoms with Gasteiger partial charge in [-0.3, -0.25) is 23.4 Å². The summed E-state index contributed by atoms with van der Waals surface area (Å²) in [6.45, 7) is 2.87. The van der Waals surface area contributed by atoms with E-state index >= 15 is 0 Å². The van der Waals surface area contributed by atoms with Crippen LogP contribution in [-0.2, 0) is 37.5 Å². The Balaban J connectivity index is 4.52. The zero-order valence-electron chi connectivity index (χ0n) is 36.4. The molecule has 59 heavy (non-hydrogen) atoms. The Morgan fingerprint density at radius 3 is 1.61 bits per heavy atom. The molecule has 11 nitrogen and oxygen atoms in total. The summed E-state index contributed by atoms with van der Waals surface area (Å²) in [6.07, 6.45) is 49.9. The number of phosphoric ester groups is 1. The van der Waals surface area contributed by atoms with Crippen molar-refractivity contribution >= 4 is 25.7 Å². The van der Waals surface area contributed by atoms with Gasteiger partial charge < -0.3 is 24.8 Å². The van der Waals surface area contributed by atoms with Gasteiger partial charge in [0.1, 0.15) is 6.61 Å². The number of carboxylic acids is 1. The fourth-order valence-corrected chi connectivity index (χ4v) is 6.19. The van der Waals surface area contributed by atoms with Gasteiger partial charge in [-0.1, -0.05) is 150 Å². The average molecular weight is 848 g/mol. The summed E-state index contributed by atoms with van der Waals surface area (Å²) in [5, 5.41) is 11.2. The van der Waals surface area contributed by atoms with E-state index < -0.39 is 38.4 Å². The number of ether oxygens (including phenoxy) is 2. The molecule has 0 aliphatic heterocycles. The Morgan fingerprint density at radius 1 is 0.576 bits per heavy atom. The molecule has 0 bridgehead atoms. The van der Waals surface area contributed by atoms with E-state index in [4.69, 9.17) is 23.6 Å². The molecule has 0 aliphatic rings. The van der Waals surface area contributed by atoms with Crippen molar-refractivity contribution in [2.75, 3.05) is 32.9 Å². The highest BCUT2D eigenvalue weighted by molar-refractivity contribution is 7.47. The highest BCUT2D eigenvalue weighted by Crippen LogP contribution is 2.43. The molecule has 0 fully saturated rings. The predicted octanol–water partition coefficient (Wildman–Crippen LogP) is 11.8. The number of esters is 2. The molecule has 0 amide bonds. The Kier molecular flexibility index (Phi) is 40.4. The maximum Gasteiger partial charge on any atom is 0.472 e.